The summed E-state index contributed by atoms with van der Waals surface area (Å²) in [5, 5.41) is 0. The fraction of sp³-hybridized carbons (Fsp3) is 0.583. The van der Waals surface area contributed by atoms with Crippen LogP contribution in [-0.2, 0) is 12.0 Å². The largest absolute Gasteiger partial charge is 1.00 e. The van der Waals surface area contributed by atoms with Gasteiger partial charge in [0.2, 0.25) is 0 Å². The van der Waals surface area contributed by atoms with Crippen molar-refractivity contribution in [1.82, 2.24) is 0 Å². The molecule has 1 heterocycles. The van der Waals surface area contributed by atoms with E-state index in [-0.39, 0.29) is 22.4 Å². The van der Waals surface area contributed by atoms with Crippen LogP contribution in [-0.4, -0.2) is 6.54 Å². The summed E-state index contributed by atoms with van der Waals surface area (Å²) in [5.41, 5.74) is 7.08. The van der Waals surface area contributed by atoms with E-state index in [0.717, 1.165) is 19.5 Å². The predicted octanol–water partition coefficient (Wildman–Crippen LogP) is -1.38. The Morgan fingerprint density at radius 1 is 1.20 bits per heavy atom. The lowest BCUT2D eigenvalue weighted by Gasteiger charge is -2.17. The van der Waals surface area contributed by atoms with Crippen LogP contribution in [0.3, 0.4) is 0 Å². The van der Waals surface area contributed by atoms with Crippen molar-refractivity contribution in [2.45, 2.75) is 39.2 Å². The summed E-state index contributed by atoms with van der Waals surface area (Å²) < 4.78 is 2.18. The molecule has 1 rings (SSSR count). The second-order valence-electron chi connectivity index (χ2n) is 4.72. The minimum atomic E-state index is 0. The molecule has 0 aliphatic rings. The van der Waals surface area contributed by atoms with Gasteiger partial charge >= 0.3 is 0 Å². The van der Waals surface area contributed by atoms with Gasteiger partial charge in [-0.1, -0.05) is 20.8 Å². The molecule has 1 aromatic heterocycles. The zero-order valence-electron chi connectivity index (χ0n) is 9.83. The number of pyridine rings is 1. The van der Waals surface area contributed by atoms with E-state index in [1.807, 2.05) is 0 Å². The maximum Gasteiger partial charge on any atom is 0.169 e. The van der Waals surface area contributed by atoms with Crippen molar-refractivity contribution in [3.63, 3.8) is 0 Å². The maximum absolute atomic E-state index is 5.46. The molecule has 0 saturated heterocycles. The summed E-state index contributed by atoms with van der Waals surface area (Å²) in [6.45, 7) is 8.46. The van der Waals surface area contributed by atoms with E-state index < -0.39 is 0 Å². The highest BCUT2D eigenvalue weighted by atomic mass is 79.9. The molecule has 0 unspecified atom stereocenters. The van der Waals surface area contributed by atoms with Crippen LogP contribution in [0.1, 0.15) is 32.8 Å². The molecule has 0 aliphatic carbocycles. The lowest BCUT2D eigenvalue weighted by Crippen LogP contribution is -3.00. The number of halogens is 1. The SMILES string of the molecule is CC(C)(C)c1cc[n+](CCCN)cc1.[Br-]. The van der Waals surface area contributed by atoms with Crippen molar-refractivity contribution in [2.75, 3.05) is 6.54 Å². The van der Waals surface area contributed by atoms with Gasteiger partial charge < -0.3 is 22.7 Å². The number of rotatable bonds is 3. The van der Waals surface area contributed by atoms with Gasteiger partial charge in [-0.2, -0.15) is 0 Å². The van der Waals surface area contributed by atoms with E-state index in [0.29, 0.717) is 0 Å². The first-order chi connectivity index (χ1) is 6.54. The van der Waals surface area contributed by atoms with Gasteiger partial charge in [0.1, 0.15) is 6.54 Å². The highest BCUT2D eigenvalue weighted by Crippen LogP contribution is 2.20. The van der Waals surface area contributed by atoms with Gasteiger partial charge in [0.25, 0.3) is 0 Å². The second kappa shape index (κ2) is 6.23. The van der Waals surface area contributed by atoms with Crippen LogP contribution in [0.25, 0.3) is 0 Å². The molecule has 2 nitrogen and oxygen atoms in total. The molecule has 0 aliphatic heterocycles. The van der Waals surface area contributed by atoms with Crippen molar-refractivity contribution >= 4 is 0 Å². The first-order valence-electron chi connectivity index (χ1n) is 5.23. The summed E-state index contributed by atoms with van der Waals surface area (Å²) in [7, 11) is 0. The Kier molecular flexibility index (Phi) is 6.06. The zero-order chi connectivity index (χ0) is 10.6. The average Bonchev–Trinajstić information content (AvgIpc) is 2.14. The Hall–Kier alpha value is -0.410. The van der Waals surface area contributed by atoms with E-state index in [9.17, 15) is 0 Å². The smallest absolute Gasteiger partial charge is 0.169 e. The Bertz CT molecular complexity index is 275. The van der Waals surface area contributed by atoms with E-state index >= 15 is 0 Å². The molecule has 0 bridgehead atoms. The molecule has 0 atom stereocenters. The topological polar surface area (TPSA) is 29.9 Å². The molecule has 0 fully saturated rings. The number of aryl methyl sites for hydroxylation is 1. The molecule has 0 aromatic carbocycles. The van der Waals surface area contributed by atoms with Crippen molar-refractivity contribution < 1.29 is 21.5 Å². The summed E-state index contributed by atoms with van der Waals surface area (Å²) in [5.74, 6) is 0. The van der Waals surface area contributed by atoms with Crippen molar-refractivity contribution in [3.05, 3.63) is 30.1 Å². The molecule has 0 amide bonds. The van der Waals surface area contributed by atoms with Crippen LogP contribution in [0, 0.1) is 0 Å². The molecule has 0 spiro atoms. The standard InChI is InChI=1S/C12H21N2.BrH/c1-12(2,3)11-5-9-14(10-6-11)8-4-7-13;/h5-6,9-10H,4,7-8,13H2,1-3H3;1H/q+1;/p-1. The number of hydrogen-bond acceptors (Lipinski definition) is 1. The van der Waals surface area contributed by atoms with E-state index in [1.165, 1.54) is 5.56 Å². The number of hydrogen-bond donors (Lipinski definition) is 1. The highest BCUT2D eigenvalue weighted by Gasteiger charge is 2.14. The third kappa shape index (κ3) is 4.76. The summed E-state index contributed by atoms with van der Waals surface area (Å²) in [6.07, 6.45) is 5.31. The zero-order valence-corrected chi connectivity index (χ0v) is 11.4. The van der Waals surface area contributed by atoms with Gasteiger partial charge in [-0.3, -0.25) is 0 Å². The first-order valence-corrected chi connectivity index (χ1v) is 5.23. The fourth-order valence-electron chi connectivity index (χ4n) is 1.38. The van der Waals surface area contributed by atoms with Crippen molar-refractivity contribution in [3.8, 4) is 0 Å². The Labute approximate surface area is 103 Å². The quantitative estimate of drug-likeness (QED) is 0.676. The molecule has 2 N–H and O–H groups in total. The molecule has 15 heavy (non-hydrogen) atoms. The minimum Gasteiger partial charge on any atom is -1.00 e. The molecular weight excluding hydrogens is 252 g/mol. The monoisotopic (exact) mass is 272 g/mol. The molecule has 3 heteroatoms. The van der Waals surface area contributed by atoms with Crippen LogP contribution < -0.4 is 27.3 Å². The van der Waals surface area contributed by atoms with Gasteiger partial charge in [-0.05, 0) is 17.5 Å². The van der Waals surface area contributed by atoms with E-state index in [4.69, 9.17) is 5.73 Å². The normalized spacial score (nSPS) is 10.9. The summed E-state index contributed by atoms with van der Waals surface area (Å²) in [6, 6.07) is 4.38. The number of aromatic nitrogens is 1. The average molecular weight is 273 g/mol. The summed E-state index contributed by atoms with van der Waals surface area (Å²) in [4.78, 5) is 0. The second-order valence-corrected chi connectivity index (χ2v) is 4.72. The van der Waals surface area contributed by atoms with Crippen molar-refractivity contribution in [2.24, 2.45) is 5.73 Å². The lowest BCUT2D eigenvalue weighted by molar-refractivity contribution is -0.697. The molecule has 86 valence electrons. The Balaban J connectivity index is 0.00000196. The first kappa shape index (κ1) is 14.6. The minimum absolute atomic E-state index is 0. The van der Waals surface area contributed by atoms with Gasteiger partial charge in [-0.15, -0.1) is 0 Å². The van der Waals surface area contributed by atoms with Crippen molar-refractivity contribution in [1.29, 1.82) is 0 Å². The Morgan fingerprint density at radius 3 is 2.13 bits per heavy atom. The van der Waals surface area contributed by atoms with E-state index in [1.54, 1.807) is 0 Å². The molecule has 0 saturated carbocycles. The maximum atomic E-state index is 5.46. The number of nitrogens with two attached hydrogens (primary N) is 1. The Morgan fingerprint density at radius 2 is 1.73 bits per heavy atom. The van der Waals surface area contributed by atoms with Crippen LogP contribution in [0.5, 0.6) is 0 Å². The van der Waals surface area contributed by atoms with Gasteiger partial charge in [0, 0.05) is 18.6 Å². The highest BCUT2D eigenvalue weighted by molar-refractivity contribution is 5.17. The fourth-order valence-corrected chi connectivity index (χ4v) is 1.38. The van der Waals surface area contributed by atoms with Crippen LogP contribution in [0.2, 0.25) is 0 Å². The lowest BCUT2D eigenvalue weighted by atomic mass is 9.88. The van der Waals surface area contributed by atoms with Gasteiger partial charge in [0.05, 0.1) is 0 Å². The molecular formula is C12H21BrN2. The van der Waals surface area contributed by atoms with Gasteiger partial charge in [-0.25, -0.2) is 4.57 Å². The third-order valence-corrected chi connectivity index (χ3v) is 2.38. The van der Waals surface area contributed by atoms with E-state index in [2.05, 4.69) is 49.9 Å². The van der Waals surface area contributed by atoms with Gasteiger partial charge in [0.15, 0.2) is 12.4 Å². The summed E-state index contributed by atoms with van der Waals surface area (Å²) >= 11 is 0. The molecule has 0 radical (unpaired) electrons. The van der Waals surface area contributed by atoms with Crippen LogP contribution in [0.4, 0.5) is 0 Å². The van der Waals surface area contributed by atoms with Crippen LogP contribution >= 0.6 is 0 Å². The van der Waals surface area contributed by atoms with Crippen LogP contribution in [0.15, 0.2) is 24.5 Å². The third-order valence-electron chi connectivity index (χ3n) is 2.38. The predicted molar refractivity (Wildman–Crippen MR) is 59.0 cm³/mol. The molecule has 1 aromatic rings. The number of nitrogens with zero attached hydrogens (tertiary/aromatic N) is 1.